The molecule has 1 heterocycles. The van der Waals surface area contributed by atoms with Crippen LogP contribution in [-0.4, -0.2) is 30.9 Å². The topological polar surface area (TPSA) is 57.6 Å². The molecule has 1 rings (SSSR count). The number of nitrogens with zero attached hydrogens (tertiary/aromatic N) is 1. The first-order chi connectivity index (χ1) is 7.91. The number of hydrogen-bond donors (Lipinski definition) is 1. The number of rotatable bonds is 6. The highest BCUT2D eigenvalue weighted by Gasteiger charge is 2.24. The second-order valence-corrected chi connectivity index (χ2v) is 7.10. The summed E-state index contributed by atoms with van der Waals surface area (Å²) in [6, 6.07) is 3.17. The molecule has 0 aromatic carbocycles. The van der Waals surface area contributed by atoms with Crippen LogP contribution < -0.4 is 0 Å². The van der Waals surface area contributed by atoms with E-state index in [1.54, 1.807) is 19.9 Å². The van der Waals surface area contributed by atoms with Crippen molar-refractivity contribution in [3.63, 3.8) is 0 Å². The van der Waals surface area contributed by atoms with Gasteiger partial charge in [-0.3, -0.25) is 0 Å². The van der Waals surface area contributed by atoms with Crippen molar-refractivity contribution in [1.29, 1.82) is 0 Å². The zero-order valence-corrected chi connectivity index (χ0v) is 11.6. The third-order valence-corrected chi connectivity index (χ3v) is 5.64. The Labute approximate surface area is 106 Å². The highest BCUT2D eigenvalue weighted by molar-refractivity contribution is 7.91. The standard InChI is InChI=1S/C11H17NO3S2/c1-4-12(7-9(2)3)17(14,15)11-6-5-10(8-13)16-11/h5-6,13H,2,4,7-8H2,1,3H3. The van der Waals surface area contributed by atoms with E-state index in [-0.39, 0.29) is 10.8 Å². The monoisotopic (exact) mass is 275 g/mol. The third kappa shape index (κ3) is 3.38. The van der Waals surface area contributed by atoms with Crippen LogP contribution in [0.1, 0.15) is 18.7 Å². The Kier molecular flexibility index (Phi) is 4.88. The Morgan fingerprint density at radius 2 is 2.18 bits per heavy atom. The number of sulfonamides is 1. The van der Waals surface area contributed by atoms with Gasteiger partial charge in [-0.05, 0) is 19.1 Å². The lowest BCUT2D eigenvalue weighted by Gasteiger charge is -2.19. The van der Waals surface area contributed by atoms with Gasteiger partial charge in [-0.2, -0.15) is 4.31 Å². The fourth-order valence-corrected chi connectivity index (χ4v) is 4.26. The summed E-state index contributed by atoms with van der Waals surface area (Å²) < 4.78 is 26.1. The minimum absolute atomic E-state index is 0.132. The Balaban J connectivity index is 3.03. The summed E-state index contributed by atoms with van der Waals surface area (Å²) in [5, 5.41) is 8.95. The van der Waals surface area contributed by atoms with Crippen LogP contribution in [0.4, 0.5) is 0 Å². The fraction of sp³-hybridized carbons (Fsp3) is 0.455. The van der Waals surface area contributed by atoms with E-state index in [0.717, 1.165) is 16.9 Å². The van der Waals surface area contributed by atoms with Crippen molar-refractivity contribution in [3.8, 4) is 0 Å². The van der Waals surface area contributed by atoms with E-state index in [2.05, 4.69) is 6.58 Å². The second-order valence-electron chi connectivity index (χ2n) is 3.77. The lowest BCUT2D eigenvalue weighted by atomic mass is 10.3. The maximum Gasteiger partial charge on any atom is 0.252 e. The van der Waals surface area contributed by atoms with Crippen molar-refractivity contribution in [2.24, 2.45) is 0 Å². The third-order valence-electron chi connectivity index (χ3n) is 2.19. The van der Waals surface area contributed by atoms with Crippen LogP contribution in [0.5, 0.6) is 0 Å². The van der Waals surface area contributed by atoms with Gasteiger partial charge >= 0.3 is 0 Å². The molecule has 0 aliphatic heterocycles. The van der Waals surface area contributed by atoms with Crippen molar-refractivity contribution in [2.75, 3.05) is 13.1 Å². The molecule has 6 heteroatoms. The van der Waals surface area contributed by atoms with Gasteiger partial charge in [0.2, 0.25) is 0 Å². The quantitative estimate of drug-likeness (QED) is 0.806. The van der Waals surface area contributed by atoms with E-state index in [4.69, 9.17) is 5.11 Å². The molecule has 0 amide bonds. The number of hydrogen-bond acceptors (Lipinski definition) is 4. The number of aliphatic hydroxyl groups is 1. The zero-order chi connectivity index (χ0) is 13.1. The maximum absolute atomic E-state index is 12.2. The van der Waals surface area contributed by atoms with Gasteiger partial charge in [0, 0.05) is 18.0 Å². The van der Waals surface area contributed by atoms with Crippen LogP contribution in [0.15, 0.2) is 28.5 Å². The second kappa shape index (κ2) is 5.77. The first-order valence-electron chi connectivity index (χ1n) is 5.26. The molecule has 0 bridgehead atoms. The molecule has 4 nitrogen and oxygen atoms in total. The van der Waals surface area contributed by atoms with E-state index in [9.17, 15) is 8.42 Å². The van der Waals surface area contributed by atoms with Crippen LogP contribution >= 0.6 is 11.3 Å². The smallest absolute Gasteiger partial charge is 0.252 e. The zero-order valence-electron chi connectivity index (χ0n) is 10.0. The number of thiophene rings is 1. The SMILES string of the molecule is C=C(C)CN(CC)S(=O)(=O)c1ccc(CO)s1. The van der Waals surface area contributed by atoms with Crippen molar-refractivity contribution in [1.82, 2.24) is 4.31 Å². The van der Waals surface area contributed by atoms with Gasteiger partial charge in [-0.15, -0.1) is 11.3 Å². The molecule has 0 radical (unpaired) electrons. The highest BCUT2D eigenvalue weighted by Crippen LogP contribution is 2.25. The number of aliphatic hydroxyl groups excluding tert-OH is 1. The summed E-state index contributed by atoms with van der Waals surface area (Å²) in [4.78, 5) is 0.648. The van der Waals surface area contributed by atoms with Crippen LogP contribution in [0.25, 0.3) is 0 Å². The Morgan fingerprint density at radius 3 is 2.59 bits per heavy atom. The first-order valence-corrected chi connectivity index (χ1v) is 7.51. The summed E-state index contributed by atoms with van der Waals surface area (Å²) in [5.74, 6) is 0. The molecule has 0 aliphatic rings. The van der Waals surface area contributed by atoms with E-state index in [1.165, 1.54) is 10.4 Å². The molecule has 0 unspecified atom stereocenters. The summed E-state index contributed by atoms with van der Waals surface area (Å²) in [7, 11) is -3.46. The molecule has 0 spiro atoms. The Hall–Kier alpha value is -0.690. The van der Waals surface area contributed by atoms with Crippen LogP contribution in [0.3, 0.4) is 0 Å². The molecule has 1 aromatic heterocycles. The molecular formula is C11H17NO3S2. The fourth-order valence-electron chi connectivity index (χ4n) is 1.38. The normalized spacial score (nSPS) is 12.0. The molecule has 96 valence electrons. The largest absolute Gasteiger partial charge is 0.391 e. The van der Waals surface area contributed by atoms with E-state index in [0.29, 0.717) is 18.0 Å². The van der Waals surface area contributed by atoms with Crippen molar-refractivity contribution < 1.29 is 13.5 Å². The minimum Gasteiger partial charge on any atom is -0.391 e. The van der Waals surface area contributed by atoms with E-state index < -0.39 is 10.0 Å². The summed E-state index contributed by atoms with van der Waals surface area (Å²) in [5.41, 5.74) is 0.800. The lowest BCUT2D eigenvalue weighted by Crippen LogP contribution is -2.31. The molecule has 17 heavy (non-hydrogen) atoms. The first kappa shape index (κ1) is 14.4. The van der Waals surface area contributed by atoms with Gasteiger partial charge < -0.3 is 5.11 Å². The molecular weight excluding hydrogens is 258 g/mol. The summed E-state index contributed by atoms with van der Waals surface area (Å²) in [6.07, 6.45) is 0. The van der Waals surface area contributed by atoms with Crippen LogP contribution in [0.2, 0.25) is 0 Å². The van der Waals surface area contributed by atoms with E-state index >= 15 is 0 Å². The van der Waals surface area contributed by atoms with Gasteiger partial charge in [-0.25, -0.2) is 8.42 Å². The minimum atomic E-state index is -3.46. The molecule has 0 aliphatic carbocycles. The molecule has 1 aromatic rings. The summed E-state index contributed by atoms with van der Waals surface area (Å²) >= 11 is 1.10. The van der Waals surface area contributed by atoms with Crippen molar-refractivity contribution >= 4 is 21.4 Å². The van der Waals surface area contributed by atoms with Crippen molar-refractivity contribution in [2.45, 2.75) is 24.7 Å². The van der Waals surface area contributed by atoms with Crippen molar-refractivity contribution in [3.05, 3.63) is 29.2 Å². The average Bonchev–Trinajstić information content (AvgIpc) is 2.74. The molecule has 0 atom stereocenters. The number of likely N-dealkylation sites (N-methyl/N-ethyl adjacent to an activating group) is 1. The molecule has 0 saturated heterocycles. The molecule has 0 saturated carbocycles. The maximum atomic E-state index is 12.2. The summed E-state index contributed by atoms with van der Waals surface area (Å²) in [6.45, 7) is 7.92. The van der Waals surface area contributed by atoms with Gasteiger partial charge in [0.05, 0.1) is 6.61 Å². The predicted molar refractivity (Wildman–Crippen MR) is 69.5 cm³/mol. The van der Waals surface area contributed by atoms with Crippen LogP contribution in [-0.2, 0) is 16.6 Å². The van der Waals surface area contributed by atoms with E-state index in [1.807, 2.05) is 0 Å². The van der Waals surface area contributed by atoms with Gasteiger partial charge in [0.15, 0.2) is 0 Å². The predicted octanol–water partition coefficient (Wildman–Crippen LogP) is 1.83. The van der Waals surface area contributed by atoms with Gasteiger partial charge in [0.25, 0.3) is 10.0 Å². The van der Waals surface area contributed by atoms with Gasteiger partial charge in [0.1, 0.15) is 4.21 Å². The highest BCUT2D eigenvalue weighted by atomic mass is 32.2. The Bertz CT molecular complexity index is 491. The lowest BCUT2D eigenvalue weighted by molar-refractivity contribution is 0.285. The average molecular weight is 275 g/mol. The molecule has 0 fully saturated rings. The Morgan fingerprint density at radius 1 is 1.53 bits per heavy atom. The molecule has 1 N–H and O–H groups in total. The van der Waals surface area contributed by atoms with Crippen LogP contribution in [0, 0.1) is 0 Å². The van der Waals surface area contributed by atoms with Gasteiger partial charge in [-0.1, -0.05) is 19.1 Å².